The minimum Gasteiger partial charge on any atom is -0.333 e. The zero-order valence-electron chi connectivity index (χ0n) is 11.3. The Kier molecular flexibility index (Phi) is 3.59. The molecule has 1 N–H and O–H groups in total. The molecule has 1 fully saturated rings. The summed E-state index contributed by atoms with van der Waals surface area (Å²) in [6.07, 6.45) is 8.49. The summed E-state index contributed by atoms with van der Waals surface area (Å²) in [6.45, 7) is 5.68. The molecule has 102 valence electrons. The van der Waals surface area contributed by atoms with Crippen LogP contribution in [-0.2, 0) is 19.6 Å². The lowest BCUT2D eigenvalue weighted by atomic mass is 10.4. The number of nitrogens with one attached hydrogen (secondary N) is 1. The van der Waals surface area contributed by atoms with Gasteiger partial charge in [0.1, 0.15) is 0 Å². The van der Waals surface area contributed by atoms with E-state index in [9.17, 15) is 0 Å². The summed E-state index contributed by atoms with van der Waals surface area (Å²) in [5.74, 6) is 0.897. The largest absolute Gasteiger partial charge is 0.333 e. The van der Waals surface area contributed by atoms with Crippen LogP contribution in [0.3, 0.4) is 0 Å². The minimum absolute atomic E-state index is 0.726. The number of hydrogen-bond donors (Lipinski definition) is 1. The second-order valence-electron chi connectivity index (χ2n) is 5.15. The average molecular weight is 260 g/mol. The first-order valence-electron chi connectivity index (χ1n) is 6.94. The van der Waals surface area contributed by atoms with Gasteiger partial charge < -0.3 is 9.88 Å². The Hall–Kier alpha value is -1.69. The van der Waals surface area contributed by atoms with E-state index in [0.717, 1.165) is 43.5 Å². The molecule has 0 radical (unpaired) electrons. The highest BCUT2D eigenvalue weighted by Crippen LogP contribution is 2.27. The number of aromatic nitrogens is 5. The maximum atomic E-state index is 4.19. The number of aryl methyl sites for hydroxylation is 1. The van der Waals surface area contributed by atoms with Gasteiger partial charge in [-0.25, -0.2) is 9.67 Å². The Morgan fingerprint density at radius 1 is 1.42 bits per heavy atom. The molecule has 19 heavy (non-hydrogen) atoms. The van der Waals surface area contributed by atoms with Crippen molar-refractivity contribution in [1.82, 2.24) is 29.9 Å². The molecule has 2 aromatic rings. The predicted molar refractivity (Wildman–Crippen MR) is 71.5 cm³/mol. The second kappa shape index (κ2) is 5.52. The predicted octanol–water partition coefficient (Wildman–Crippen LogP) is 1.04. The lowest BCUT2D eigenvalue weighted by molar-refractivity contribution is 0.601. The van der Waals surface area contributed by atoms with E-state index in [0.29, 0.717) is 0 Å². The van der Waals surface area contributed by atoms with Crippen molar-refractivity contribution >= 4 is 0 Å². The zero-order valence-corrected chi connectivity index (χ0v) is 11.3. The van der Waals surface area contributed by atoms with Crippen molar-refractivity contribution < 1.29 is 0 Å². The summed E-state index contributed by atoms with van der Waals surface area (Å²) in [6, 6.07) is 0. The van der Waals surface area contributed by atoms with E-state index in [1.54, 1.807) is 0 Å². The topological polar surface area (TPSA) is 60.6 Å². The van der Waals surface area contributed by atoms with Gasteiger partial charge in [-0.2, -0.15) is 0 Å². The van der Waals surface area contributed by atoms with Crippen LogP contribution in [0.4, 0.5) is 0 Å². The molecule has 0 spiro atoms. The third-order valence-electron chi connectivity index (χ3n) is 3.49. The van der Waals surface area contributed by atoms with Crippen LogP contribution in [-0.4, -0.2) is 31.1 Å². The average Bonchev–Trinajstić information content (AvgIpc) is 2.96. The molecule has 0 atom stereocenters. The van der Waals surface area contributed by atoms with Crippen molar-refractivity contribution in [2.45, 2.75) is 39.4 Å². The molecule has 1 aliphatic carbocycles. The highest BCUT2D eigenvalue weighted by atomic mass is 15.4. The van der Waals surface area contributed by atoms with Gasteiger partial charge in [0.2, 0.25) is 0 Å². The zero-order chi connectivity index (χ0) is 13.1. The molecule has 0 bridgehead atoms. The summed E-state index contributed by atoms with van der Waals surface area (Å²) in [4.78, 5) is 4.16. The van der Waals surface area contributed by atoms with Gasteiger partial charge in [-0.05, 0) is 32.2 Å². The fraction of sp³-hybridized carbons (Fsp3) is 0.615. The number of rotatable bonds is 7. The van der Waals surface area contributed by atoms with Crippen molar-refractivity contribution in [3.63, 3.8) is 0 Å². The molecular weight excluding hydrogens is 240 g/mol. The number of imidazole rings is 1. The normalized spacial score (nSPS) is 15.0. The standard InChI is InChI=1S/C13H20N6/c1-2-18-10-15-7-13(18)9-19-8-12(16-17-19)6-14-5-11-3-4-11/h7-8,10-11,14H,2-6,9H2,1H3. The highest BCUT2D eigenvalue weighted by Gasteiger charge is 2.20. The van der Waals surface area contributed by atoms with Crippen LogP contribution in [0, 0.1) is 5.92 Å². The number of nitrogens with zero attached hydrogens (tertiary/aromatic N) is 5. The molecule has 6 nitrogen and oxygen atoms in total. The van der Waals surface area contributed by atoms with E-state index in [4.69, 9.17) is 0 Å². The van der Waals surface area contributed by atoms with Crippen molar-refractivity contribution in [2.75, 3.05) is 6.54 Å². The van der Waals surface area contributed by atoms with Gasteiger partial charge in [0.15, 0.2) is 0 Å². The molecule has 1 aliphatic rings. The van der Waals surface area contributed by atoms with Gasteiger partial charge in [0.05, 0.1) is 36.7 Å². The number of hydrogen-bond acceptors (Lipinski definition) is 4. The molecule has 0 saturated heterocycles. The first kappa shape index (κ1) is 12.3. The van der Waals surface area contributed by atoms with Crippen molar-refractivity contribution in [1.29, 1.82) is 0 Å². The Morgan fingerprint density at radius 3 is 3.11 bits per heavy atom. The van der Waals surface area contributed by atoms with Crippen molar-refractivity contribution in [3.8, 4) is 0 Å². The highest BCUT2D eigenvalue weighted by molar-refractivity contribution is 5.00. The van der Waals surface area contributed by atoms with Gasteiger partial charge in [0, 0.05) is 13.1 Å². The molecular formula is C13H20N6. The summed E-state index contributed by atoms with van der Waals surface area (Å²) in [7, 11) is 0. The molecule has 0 aliphatic heterocycles. The van der Waals surface area contributed by atoms with Gasteiger partial charge in [-0.1, -0.05) is 5.21 Å². The van der Waals surface area contributed by atoms with Gasteiger partial charge in [0.25, 0.3) is 0 Å². The minimum atomic E-state index is 0.726. The van der Waals surface area contributed by atoms with E-state index in [1.807, 2.05) is 23.4 Å². The second-order valence-corrected chi connectivity index (χ2v) is 5.15. The third-order valence-corrected chi connectivity index (χ3v) is 3.49. The van der Waals surface area contributed by atoms with E-state index in [2.05, 4.69) is 32.1 Å². The molecule has 0 amide bonds. The lowest BCUT2D eigenvalue weighted by Gasteiger charge is -2.04. The van der Waals surface area contributed by atoms with E-state index in [1.165, 1.54) is 12.8 Å². The fourth-order valence-corrected chi connectivity index (χ4v) is 2.15. The SMILES string of the molecule is CCn1cncc1Cn1cc(CNCC2CC2)nn1. The van der Waals surface area contributed by atoms with Crippen LogP contribution >= 0.6 is 0 Å². The van der Waals surface area contributed by atoms with Gasteiger partial charge >= 0.3 is 0 Å². The summed E-state index contributed by atoms with van der Waals surface area (Å²) in [5.41, 5.74) is 2.16. The van der Waals surface area contributed by atoms with Crippen LogP contribution in [0.1, 0.15) is 31.2 Å². The van der Waals surface area contributed by atoms with Gasteiger partial charge in [-0.3, -0.25) is 0 Å². The monoisotopic (exact) mass is 260 g/mol. The smallest absolute Gasteiger partial charge is 0.0964 e. The molecule has 0 unspecified atom stereocenters. The van der Waals surface area contributed by atoms with Crippen molar-refractivity contribution in [3.05, 3.63) is 30.1 Å². The summed E-state index contributed by atoms with van der Waals surface area (Å²) < 4.78 is 3.99. The molecule has 3 rings (SSSR count). The van der Waals surface area contributed by atoms with E-state index in [-0.39, 0.29) is 0 Å². The molecule has 6 heteroatoms. The lowest BCUT2D eigenvalue weighted by Crippen LogP contribution is -2.16. The third kappa shape index (κ3) is 3.20. The molecule has 1 saturated carbocycles. The van der Waals surface area contributed by atoms with Crippen LogP contribution in [0.15, 0.2) is 18.7 Å². The van der Waals surface area contributed by atoms with E-state index < -0.39 is 0 Å². The Labute approximate surface area is 112 Å². The molecule has 2 heterocycles. The fourth-order valence-electron chi connectivity index (χ4n) is 2.15. The van der Waals surface area contributed by atoms with Crippen LogP contribution < -0.4 is 5.32 Å². The quantitative estimate of drug-likeness (QED) is 0.808. The van der Waals surface area contributed by atoms with Crippen LogP contribution in [0.2, 0.25) is 0 Å². The Morgan fingerprint density at radius 2 is 2.32 bits per heavy atom. The maximum absolute atomic E-state index is 4.19. The summed E-state index contributed by atoms with van der Waals surface area (Å²) in [5, 5.41) is 11.8. The summed E-state index contributed by atoms with van der Waals surface area (Å²) >= 11 is 0. The first-order valence-corrected chi connectivity index (χ1v) is 6.94. The van der Waals surface area contributed by atoms with Crippen LogP contribution in [0.25, 0.3) is 0 Å². The van der Waals surface area contributed by atoms with Crippen molar-refractivity contribution in [2.24, 2.45) is 5.92 Å². The van der Waals surface area contributed by atoms with Crippen LogP contribution in [0.5, 0.6) is 0 Å². The first-order chi connectivity index (χ1) is 9.35. The molecule has 2 aromatic heterocycles. The Bertz CT molecular complexity index is 525. The van der Waals surface area contributed by atoms with Gasteiger partial charge in [-0.15, -0.1) is 5.10 Å². The molecule has 0 aromatic carbocycles. The Balaban J connectivity index is 1.54. The maximum Gasteiger partial charge on any atom is 0.0964 e. The van der Waals surface area contributed by atoms with E-state index >= 15 is 0 Å².